The Kier molecular flexibility index (Phi) is 35.8. The molecule has 20 heteroatoms. The molecule has 0 aliphatic heterocycles. The van der Waals surface area contributed by atoms with E-state index in [1.54, 1.807) is 0 Å². The first-order valence-electron chi connectivity index (χ1n) is 21.3. The van der Waals surface area contributed by atoms with Crippen LogP contribution in [0.15, 0.2) is 0 Å². The summed E-state index contributed by atoms with van der Waals surface area (Å²) in [6.07, 6.45) is 6.36. The normalized spacial score (nSPS) is 19.3. The van der Waals surface area contributed by atoms with E-state index in [9.17, 15) is 44.0 Å². The second kappa shape index (κ2) is 38.5. The van der Waals surface area contributed by atoms with Gasteiger partial charge in [0.2, 0.25) is 5.91 Å². The van der Waals surface area contributed by atoms with Crippen LogP contribution in [0.4, 0.5) is 0 Å². The van der Waals surface area contributed by atoms with Gasteiger partial charge >= 0.3 is 21.6 Å². The minimum absolute atomic E-state index is 0. The SMILES string of the molecule is C#CC#CC#CC#CC#CC#CC#CC#CNC(=O)CCC.CCCCCCCCCCCCCCCC(=O)O[C@H](COCO)COP(=O)(O)OC1C(O)[C@H](OP(=O)(O)O)[C@H](O)C(O)[C@@H]1O.[HH].[HH].[HH].[HH].[HH].[HH].[HH].[HH].[HH].[HH].[HH].[HH].[HH].[HH].[HH]. The summed E-state index contributed by atoms with van der Waals surface area (Å²) in [5.41, 5.74) is 0. The van der Waals surface area contributed by atoms with E-state index in [2.05, 4.69) is 106 Å². The number of rotatable bonds is 27. The molecule has 1 aliphatic rings. The third kappa shape index (κ3) is 33.0. The van der Waals surface area contributed by atoms with E-state index in [0.29, 0.717) is 12.8 Å². The van der Waals surface area contributed by atoms with Gasteiger partial charge in [-0.3, -0.25) is 28.5 Å². The van der Waals surface area contributed by atoms with E-state index in [0.717, 1.165) is 32.1 Å². The molecule has 66 heavy (non-hydrogen) atoms. The van der Waals surface area contributed by atoms with E-state index in [4.69, 9.17) is 39.8 Å². The maximum absolute atomic E-state index is 12.5. The van der Waals surface area contributed by atoms with Crippen molar-refractivity contribution in [1.29, 1.82) is 0 Å². The molecule has 0 radical (unpaired) electrons. The van der Waals surface area contributed by atoms with Crippen LogP contribution in [0.2, 0.25) is 0 Å². The van der Waals surface area contributed by atoms with Crippen molar-refractivity contribution in [3.8, 4) is 95.4 Å². The Labute approximate surface area is 410 Å². The van der Waals surface area contributed by atoms with Crippen LogP contribution in [0, 0.1) is 95.4 Å². The first-order chi connectivity index (χ1) is 31.5. The van der Waals surface area contributed by atoms with Gasteiger partial charge in [0.1, 0.15) is 49.5 Å². The zero-order valence-corrected chi connectivity index (χ0v) is 39.0. The first-order valence-corrected chi connectivity index (χ1v) is 24.3. The van der Waals surface area contributed by atoms with Crippen LogP contribution in [0.5, 0.6) is 0 Å². The monoisotopic (exact) mass is 992 g/mol. The third-order valence-corrected chi connectivity index (χ3v) is 10.2. The minimum Gasteiger partial charge on any atom is -0.457 e. The highest BCUT2D eigenvalue weighted by molar-refractivity contribution is 7.47. The number of amides is 1. The first kappa shape index (κ1) is 61.4. The van der Waals surface area contributed by atoms with Gasteiger partial charge in [0.15, 0.2) is 0 Å². The number of phosphoric acid groups is 2. The third-order valence-electron chi connectivity index (χ3n) is 8.73. The molecule has 1 rings (SSSR count). The van der Waals surface area contributed by atoms with Crippen molar-refractivity contribution in [1.82, 2.24) is 5.32 Å². The number of aliphatic hydroxyl groups is 5. The van der Waals surface area contributed by atoms with Crippen molar-refractivity contribution in [3.05, 3.63) is 0 Å². The lowest BCUT2D eigenvalue weighted by Crippen LogP contribution is -2.64. The number of carbonyl (C=O) groups is 2. The van der Waals surface area contributed by atoms with Gasteiger partial charge in [-0.25, -0.2) is 9.13 Å². The van der Waals surface area contributed by atoms with Gasteiger partial charge in [-0.1, -0.05) is 90.9 Å². The maximum atomic E-state index is 12.5. The molecular weight excluding hydrogens is 900 g/mol. The standard InChI is InChI=1S/C26H52O16P2.C20H9NO.15H2/c1-2-3-4-5-6-7-8-9-10-11-12-13-14-15-20(28)40-19(16-38-18-27)17-39-44(36,37)42-26-23(31)21(29)22(30)25(24(26)32)41-43(33,34)35;1-3-5-6-7-8-9-10-11-12-13-14-15-16-17-19-21-20(22)18-4-2;;;;;;;;;;;;;;;/h19,21-27,29-32H,2-18H2,1H3,(H,36,37)(H2,33,34,35);1H,4,18H2,2H3,(H,21,22);15*1H/t19-,21?,22-,23+,24?,25-,26?;;;;;;;;;;;;;;;;/m1................/s1. The van der Waals surface area contributed by atoms with Gasteiger partial charge in [-0.15, -0.1) is 6.42 Å². The van der Waals surface area contributed by atoms with Gasteiger partial charge in [-0.05, 0) is 54.3 Å². The van der Waals surface area contributed by atoms with Crippen LogP contribution in [-0.4, -0.2) is 115 Å². The molecule has 0 spiro atoms. The molecule has 1 saturated carbocycles. The molecule has 4 unspecified atom stereocenters. The number of terminal acetylenes is 1. The van der Waals surface area contributed by atoms with Gasteiger partial charge in [0.25, 0.3) is 0 Å². The number of aliphatic hydroxyl groups excluding tert-OH is 5. The lowest BCUT2D eigenvalue weighted by molar-refractivity contribution is -0.216. The summed E-state index contributed by atoms with van der Waals surface area (Å²) in [5, 5.41) is 51.7. The van der Waals surface area contributed by atoms with Gasteiger partial charge in [-0.2, -0.15) is 0 Å². The second-order valence-electron chi connectivity index (χ2n) is 14.2. The fourth-order valence-electron chi connectivity index (χ4n) is 5.59. The topological polar surface area (TPSA) is 288 Å². The predicted molar refractivity (Wildman–Crippen MR) is 273 cm³/mol. The Hall–Kier alpha value is -4.60. The van der Waals surface area contributed by atoms with Crippen LogP contribution in [0.1, 0.15) is 138 Å². The number of unbranched alkanes of at least 4 members (excludes halogenated alkanes) is 12. The van der Waals surface area contributed by atoms with Crippen molar-refractivity contribution < 1.29 is 103 Å². The minimum atomic E-state index is -5.32. The Balaban J connectivity index is -0.0000000717. The molecule has 1 fully saturated rings. The van der Waals surface area contributed by atoms with Gasteiger partial charge in [0.05, 0.1) is 13.2 Å². The number of hydrogen-bond acceptors (Lipinski definition) is 14. The van der Waals surface area contributed by atoms with E-state index in [1.807, 2.05) is 6.92 Å². The van der Waals surface area contributed by atoms with E-state index < -0.39 is 84.3 Å². The maximum Gasteiger partial charge on any atom is 0.472 e. The highest BCUT2D eigenvalue weighted by Crippen LogP contribution is 2.49. The van der Waals surface area contributed by atoms with Crippen LogP contribution in [0.25, 0.3) is 0 Å². The van der Waals surface area contributed by atoms with Gasteiger partial charge in [0, 0.05) is 81.7 Å². The molecule has 0 heterocycles. The average molecular weight is 992 g/mol. The van der Waals surface area contributed by atoms with Crippen molar-refractivity contribution in [2.45, 2.75) is 159 Å². The highest BCUT2D eigenvalue weighted by Gasteiger charge is 2.54. The van der Waals surface area contributed by atoms with Gasteiger partial charge < -0.3 is 49.7 Å². The zero-order valence-electron chi connectivity index (χ0n) is 37.2. The zero-order chi connectivity index (χ0) is 49.5. The predicted octanol–water partition coefficient (Wildman–Crippen LogP) is 5.99. The fourth-order valence-corrected chi connectivity index (χ4v) is 7.12. The summed E-state index contributed by atoms with van der Waals surface area (Å²) in [5.74, 6) is 33.2. The van der Waals surface area contributed by atoms with E-state index in [-0.39, 0.29) is 33.7 Å². The molecule has 392 valence electrons. The van der Waals surface area contributed by atoms with Crippen LogP contribution >= 0.6 is 15.6 Å². The van der Waals surface area contributed by atoms with Crippen LogP contribution in [-0.2, 0) is 41.8 Å². The van der Waals surface area contributed by atoms with E-state index in [1.165, 1.54) is 51.4 Å². The Bertz CT molecular complexity index is 2110. The molecule has 9 N–H and O–H groups in total. The molecule has 1 aliphatic carbocycles. The summed E-state index contributed by atoms with van der Waals surface area (Å²) >= 11 is 0. The highest BCUT2D eigenvalue weighted by atomic mass is 31.2. The largest absolute Gasteiger partial charge is 0.472 e. The lowest BCUT2D eigenvalue weighted by atomic mass is 9.85. The van der Waals surface area contributed by atoms with Crippen LogP contribution in [0.3, 0.4) is 0 Å². The number of nitrogens with one attached hydrogen (secondary N) is 1. The molecular formula is C46H91NO17P2. The summed E-state index contributed by atoms with van der Waals surface area (Å²) in [6, 6.07) is 2.42. The molecule has 1 amide bonds. The molecule has 0 aromatic heterocycles. The summed E-state index contributed by atoms with van der Waals surface area (Å²) < 4.78 is 47.5. The van der Waals surface area contributed by atoms with Crippen molar-refractivity contribution >= 4 is 27.5 Å². The fraction of sp³-hybridized carbons (Fsp3) is 0.609. The average Bonchev–Trinajstić information content (AvgIpc) is 3.27. The van der Waals surface area contributed by atoms with Crippen molar-refractivity contribution in [3.63, 3.8) is 0 Å². The Morgan fingerprint density at radius 3 is 1.52 bits per heavy atom. The molecule has 0 saturated heterocycles. The van der Waals surface area contributed by atoms with E-state index >= 15 is 0 Å². The number of phosphoric ester groups is 2. The van der Waals surface area contributed by atoms with Crippen molar-refractivity contribution in [2.75, 3.05) is 20.0 Å². The quantitative estimate of drug-likeness (QED) is 0.0114. The smallest absolute Gasteiger partial charge is 0.457 e. The number of carbonyl (C=O) groups excluding carboxylic acids is 2. The van der Waals surface area contributed by atoms with Crippen molar-refractivity contribution in [2.24, 2.45) is 0 Å². The summed E-state index contributed by atoms with van der Waals surface area (Å²) in [6.45, 7) is 2.16. The summed E-state index contributed by atoms with van der Waals surface area (Å²) in [4.78, 5) is 51.5. The lowest BCUT2D eigenvalue weighted by Gasteiger charge is -2.43. The molecule has 18 nitrogen and oxygen atoms in total. The molecule has 0 aromatic carbocycles. The second-order valence-corrected chi connectivity index (χ2v) is 16.8. The molecule has 0 bridgehead atoms. The Morgan fingerprint density at radius 1 is 0.606 bits per heavy atom. The molecule has 0 aromatic rings. The molecule has 8 atom stereocenters. The number of ether oxygens (including phenoxy) is 2. The van der Waals surface area contributed by atoms with Crippen LogP contribution < -0.4 is 5.32 Å². The summed E-state index contributed by atoms with van der Waals surface area (Å²) in [7, 11) is -10.5. The number of esters is 1. The number of hydrogen-bond donors (Lipinski definition) is 9. The Morgan fingerprint density at radius 2 is 1.06 bits per heavy atom.